The first-order valence-corrected chi connectivity index (χ1v) is 10.2. The first-order chi connectivity index (χ1) is 13.8. The van der Waals surface area contributed by atoms with Gasteiger partial charge in [0.15, 0.2) is 6.61 Å². The van der Waals surface area contributed by atoms with Gasteiger partial charge in [0.2, 0.25) is 5.91 Å². The molecule has 0 radical (unpaired) electrons. The lowest BCUT2D eigenvalue weighted by atomic mass is 10.1. The summed E-state index contributed by atoms with van der Waals surface area (Å²) in [5.41, 5.74) is 3.29. The van der Waals surface area contributed by atoms with E-state index >= 15 is 0 Å². The number of ether oxygens (including phenoxy) is 1. The Morgan fingerprint density at radius 2 is 1.86 bits per heavy atom. The average molecular weight is 480 g/mol. The van der Waals surface area contributed by atoms with Crippen LogP contribution in [-0.4, -0.2) is 30.9 Å². The fraction of sp³-hybridized carbons (Fsp3) is 0.286. The van der Waals surface area contributed by atoms with Crippen LogP contribution in [0, 0.1) is 19.8 Å². The molecule has 8 heteroatoms. The van der Waals surface area contributed by atoms with Gasteiger partial charge < -0.3 is 15.0 Å². The molecule has 0 aliphatic carbocycles. The summed E-state index contributed by atoms with van der Waals surface area (Å²) in [6.45, 7) is 3.65. The minimum Gasteiger partial charge on any atom is -0.455 e. The number of halogens is 2. The molecule has 1 aliphatic rings. The number of carbonyl (C=O) groups is 3. The summed E-state index contributed by atoms with van der Waals surface area (Å²) in [5.74, 6) is -1.77. The number of nitrogens with zero attached hydrogens (tertiary/aromatic N) is 1. The maximum Gasteiger partial charge on any atom is 0.311 e. The predicted molar refractivity (Wildman–Crippen MR) is 115 cm³/mol. The largest absolute Gasteiger partial charge is 0.455 e. The minimum atomic E-state index is -0.609. The molecule has 1 heterocycles. The Labute approximate surface area is 182 Å². The fourth-order valence-electron chi connectivity index (χ4n) is 3.10. The molecule has 2 aromatic rings. The van der Waals surface area contributed by atoms with Crippen LogP contribution in [0.3, 0.4) is 0 Å². The predicted octanol–water partition coefficient (Wildman–Crippen LogP) is 4.25. The number of esters is 1. The number of hydrogen-bond acceptors (Lipinski definition) is 4. The normalized spacial score (nSPS) is 16.1. The SMILES string of the molecule is Cc1c(Br)ccc(NC(=O)COC(=O)[C@H]2CC(=O)N(c3ccc(Cl)cc3)C2)c1C. The van der Waals surface area contributed by atoms with Gasteiger partial charge in [-0.1, -0.05) is 27.5 Å². The molecular weight excluding hydrogens is 460 g/mol. The maximum atomic E-state index is 12.3. The zero-order chi connectivity index (χ0) is 21.1. The number of nitrogens with one attached hydrogen (secondary N) is 1. The van der Waals surface area contributed by atoms with E-state index in [2.05, 4.69) is 21.2 Å². The molecule has 3 rings (SSSR count). The molecule has 1 fully saturated rings. The Balaban J connectivity index is 1.54. The van der Waals surface area contributed by atoms with Crippen LogP contribution in [0.4, 0.5) is 11.4 Å². The molecule has 1 atom stereocenters. The second-order valence-electron chi connectivity index (χ2n) is 6.88. The van der Waals surface area contributed by atoms with Gasteiger partial charge in [0, 0.05) is 33.8 Å². The zero-order valence-corrected chi connectivity index (χ0v) is 18.3. The van der Waals surface area contributed by atoms with Crippen LogP contribution < -0.4 is 10.2 Å². The van der Waals surface area contributed by atoms with E-state index < -0.39 is 24.4 Å². The van der Waals surface area contributed by atoms with E-state index in [0.29, 0.717) is 16.4 Å². The summed E-state index contributed by atoms with van der Waals surface area (Å²) in [6, 6.07) is 10.5. The van der Waals surface area contributed by atoms with Gasteiger partial charge >= 0.3 is 5.97 Å². The average Bonchev–Trinajstić information content (AvgIpc) is 3.09. The second-order valence-corrected chi connectivity index (χ2v) is 8.17. The summed E-state index contributed by atoms with van der Waals surface area (Å²) in [6.07, 6.45) is 0.0497. The van der Waals surface area contributed by atoms with Gasteiger partial charge in [0.1, 0.15) is 0 Å². The van der Waals surface area contributed by atoms with Gasteiger partial charge in [-0.15, -0.1) is 0 Å². The molecule has 1 N–H and O–H groups in total. The molecule has 2 amide bonds. The molecule has 0 spiro atoms. The highest BCUT2D eigenvalue weighted by atomic mass is 79.9. The van der Waals surface area contributed by atoms with Crippen molar-refractivity contribution in [2.45, 2.75) is 20.3 Å². The van der Waals surface area contributed by atoms with Crippen LogP contribution in [0.2, 0.25) is 5.02 Å². The number of anilines is 2. The highest BCUT2D eigenvalue weighted by Gasteiger charge is 2.36. The van der Waals surface area contributed by atoms with Gasteiger partial charge in [0.25, 0.3) is 5.91 Å². The van der Waals surface area contributed by atoms with E-state index in [-0.39, 0.29) is 18.9 Å². The number of rotatable bonds is 5. The van der Waals surface area contributed by atoms with Crippen LogP contribution >= 0.6 is 27.5 Å². The monoisotopic (exact) mass is 478 g/mol. The van der Waals surface area contributed by atoms with Crippen LogP contribution in [0.1, 0.15) is 17.5 Å². The van der Waals surface area contributed by atoms with Crippen molar-refractivity contribution in [2.75, 3.05) is 23.4 Å². The van der Waals surface area contributed by atoms with E-state index in [4.69, 9.17) is 16.3 Å². The van der Waals surface area contributed by atoms with E-state index in [1.54, 1.807) is 30.3 Å². The van der Waals surface area contributed by atoms with Crippen molar-refractivity contribution in [3.8, 4) is 0 Å². The number of carbonyl (C=O) groups excluding carboxylic acids is 3. The number of hydrogen-bond donors (Lipinski definition) is 1. The first-order valence-electron chi connectivity index (χ1n) is 9.04. The Kier molecular flexibility index (Phi) is 6.59. The van der Waals surface area contributed by atoms with Crippen molar-refractivity contribution >= 4 is 56.7 Å². The van der Waals surface area contributed by atoms with Crippen molar-refractivity contribution in [1.29, 1.82) is 0 Å². The first kappa shape index (κ1) is 21.3. The van der Waals surface area contributed by atoms with E-state index in [0.717, 1.165) is 15.6 Å². The number of benzene rings is 2. The van der Waals surface area contributed by atoms with Gasteiger partial charge in [-0.2, -0.15) is 0 Å². The van der Waals surface area contributed by atoms with Crippen LogP contribution in [0.25, 0.3) is 0 Å². The van der Waals surface area contributed by atoms with Crippen LogP contribution in [0.5, 0.6) is 0 Å². The summed E-state index contributed by atoms with van der Waals surface area (Å²) >= 11 is 9.31. The molecule has 1 saturated heterocycles. The topological polar surface area (TPSA) is 75.7 Å². The standard InChI is InChI=1S/C21H20BrClN2O4/c1-12-13(2)18(8-7-17(12)22)24-19(26)11-29-21(28)14-9-20(27)25(10-14)16-5-3-15(23)4-6-16/h3-8,14H,9-11H2,1-2H3,(H,24,26)/t14-/m0/s1. The highest BCUT2D eigenvalue weighted by molar-refractivity contribution is 9.10. The molecule has 152 valence electrons. The summed E-state index contributed by atoms with van der Waals surface area (Å²) in [4.78, 5) is 38.3. The van der Waals surface area contributed by atoms with Gasteiger partial charge in [-0.25, -0.2) is 0 Å². The lowest BCUT2D eigenvalue weighted by molar-refractivity contribution is -0.151. The molecule has 1 aliphatic heterocycles. The Morgan fingerprint density at radius 1 is 1.17 bits per heavy atom. The van der Waals surface area contributed by atoms with Crippen molar-refractivity contribution in [2.24, 2.45) is 5.92 Å². The molecule has 29 heavy (non-hydrogen) atoms. The quantitative estimate of drug-likeness (QED) is 0.651. The minimum absolute atomic E-state index is 0.0497. The Bertz CT molecular complexity index is 962. The highest BCUT2D eigenvalue weighted by Crippen LogP contribution is 2.27. The zero-order valence-electron chi connectivity index (χ0n) is 16.0. The molecule has 6 nitrogen and oxygen atoms in total. The third-order valence-electron chi connectivity index (χ3n) is 4.94. The second kappa shape index (κ2) is 8.97. The van der Waals surface area contributed by atoms with Crippen molar-refractivity contribution in [3.63, 3.8) is 0 Å². The van der Waals surface area contributed by atoms with Gasteiger partial charge in [-0.05, 0) is 61.4 Å². The summed E-state index contributed by atoms with van der Waals surface area (Å²) in [7, 11) is 0. The van der Waals surface area contributed by atoms with E-state index in [1.807, 2.05) is 19.9 Å². The van der Waals surface area contributed by atoms with E-state index in [1.165, 1.54) is 4.90 Å². The van der Waals surface area contributed by atoms with Gasteiger partial charge in [-0.3, -0.25) is 14.4 Å². The fourth-order valence-corrected chi connectivity index (χ4v) is 3.66. The maximum absolute atomic E-state index is 12.3. The lowest BCUT2D eigenvalue weighted by Crippen LogP contribution is -2.28. The van der Waals surface area contributed by atoms with Crippen molar-refractivity contribution in [3.05, 3.63) is 57.0 Å². The third kappa shape index (κ3) is 4.97. The smallest absolute Gasteiger partial charge is 0.311 e. The van der Waals surface area contributed by atoms with Crippen molar-refractivity contribution in [1.82, 2.24) is 0 Å². The number of amides is 2. The summed E-state index contributed by atoms with van der Waals surface area (Å²) in [5, 5.41) is 3.31. The van der Waals surface area contributed by atoms with Crippen molar-refractivity contribution < 1.29 is 19.1 Å². The Hall–Kier alpha value is -2.38. The molecule has 2 aromatic carbocycles. The van der Waals surface area contributed by atoms with E-state index in [9.17, 15) is 14.4 Å². The van der Waals surface area contributed by atoms with Crippen LogP contribution in [-0.2, 0) is 19.1 Å². The van der Waals surface area contributed by atoms with Crippen LogP contribution in [0.15, 0.2) is 40.9 Å². The molecule has 0 bridgehead atoms. The van der Waals surface area contributed by atoms with Gasteiger partial charge in [0.05, 0.1) is 5.92 Å². The molecule has 0 saturated carbocycles. The molecule has 0 unspecified atom stereocenters. The lowest BCUT2D eigenvalue weighted by Gasteiger charge is -2.16. The molecule has 0 aromatic heterocycles. The Morgan fingerprint density at radius 3 is 2.55 bits per heavy atom. The molecular formula is C21H20BrClN2O4. The third-order valence-corrected chi connectivity index (χ3v) is 6.05. The summed E-state index contributed by atoms with van der Waals surface area (Å²) < 4.78 is 6.10.